The number of rotatable bonds is 1. The largest absolute Gasteiger partial charge is 0.363 e. The normalized spacial score (nSPS) is 19.6. The molecule has 7 heteroatoms. The van der Waals surface area contributed by atoms with E-state index in [1.165, 1.54) is 4.74 Å². The molecule has 0 amide bonds. The fourth-order valence-corrected chi connectivity index (χ4v) is 3.65. The van der Waals surface area contributed by atoms with Crippen LogP contribution in [0.4, 0.5) is 5.82 Å². The molecule has 0 bridgehead atoms. The molecule has 118 valence electrons. The van der Waals surface area contributed by atoms with Gasteiger partial charge in [0, 0.05) is 24.7 Å². The maximum absolute atomic E-state index is 12.4. The van der Waals surface area contributed by atoms with Gasteiger partial charge in [-0.3, -0.25) is 4.79 Å². The molecule has 0 saturated carbocycles. The number of hydrogen-bond acceptors (Lipinski definition) is 4. The lowest BCUT2D eigenvalue weighted by Gasteiger charge is -2.25. The van der Waals surface area contributed by atoms with Gasteiger partial charge in [0.15, 0.2) is 11.6 Å². The number of allylic oxidation sites excluding steroid dienone is 2. The molecule has 1 aliphatic heterocycles. The zero-order valence-corrected chi connectivity index (χ0v) is 13.7. The number of nitrogens with zero attached hydrogens (tertiary/aromatic N) is 1. The average molecular weight is 351 g/mol. The Balaban J connectivity index is 2.00. The zero-order valence-electron chi connectivity index (χ0n) is 12.2. The molecule has 23 heavy (non-hydrogen) atoms. The Bertz CT molecular complexity index is 939. The lowest BCUT2D eigenvalue weighted by molar-refractivity contribution is -0.115. The summed E-state index contributed by atoms with van der Waals surface area (Å²) >= 11 is 12.1. The molecule has 2 heterocycles. The van der Waals surface area contributed by atoms with Crippen LogP contribution in [0.3, 0.4) is 0 Å². The molecule has 0 saturated heterocycles. The van der Waals surface area contributed by atoms with E-state index >= 15 is 0 Å². The number of Topliss-reactive ketones (excluding diaryl/α,β-unsaturated/α-hetero) is 1. The Labute approximate surface area is 141 Å². The first-order valence-electron chi connectivity index (χ1n) is 7.15. The molecule has 1 aromatic carbocycles. The van der Waals surface area contributed by atoms with Gasteiger partial charge in [0.25, 0.3) is 0 Å². The van der Waals surface area contributed by atoms with Gasteiger partial charge in [-0.15, -0.1) is 0 Å². The van der Waals surface area contributed by atoms with Crippen LogP contribution in [0.1, 0.15) is 29.9 Å². The van der Waals surface area contributed by atoms with Gasteiger partial charge in [0.2, 0.25) is 0 Å². The predicted octanol–water partition coefficient (Wildman–Crippen LogP) is 3.46. The number of aromatic nitrogens is 1. The van der Waals surface area contributed by atoms with Crippen molar-refractivity contribution in [1.29, 1.82) is 0 Å². The Hall–Kier alpha value is -1.98. The van der Waals surface area contributed by atoms with E-state index < -0.39 is 11.5 Å². The topological polar surface area (TPSA) is 64.2 Å². The first-order valence-corrected chi connectivity index (χ1v) is 7.91. The SMILES string of the molecule is Cn1oc(=O)c2c1NC1=C(C(=O)CC1)C2c1ccc(Cl)c(Cl)c1. The lowest BCUT2D eigenvalue weighted by atomic mass is 9.82. The first kappa shape index (κ1) is 14.6. The van der Waals surface area contributed by atoms with Crippen LogP contribution in [0, 0.1) is 0 Å². The van der Waals surface area contributed by atoms with Crippen molar-refractivity contribution in [3.8, 4) is 0 Å². The summed E-state index contributed by atoms with van der Waals surface area (Å²) < 4.78 is 6.57. The maximum atomic E-state index is 12.4. The number of aryl methyl sites for hydroxylation is 1. The number of halogens is 2. The van der Waals surface area contributed by atoms with Gasteiger partial charge in [0.05, 0.1) is 21.5 Å². The average Bonchev–Trinajstić information content (AvgIpc) is 3.02. The highest BCUT2D eigenvalue weighted by molar-refractivity contribution is 6.42. The molecule has 1 aromatic heterocycles. The molecule has 2 aromatic rings. The molecular weight excluding hydrogens is 339 g/mol. The number of nitrogens with one attached hydrogen (secondary N) is 1. The van der Waals surface area contributed by atoms with Crippen LogP contribution in [-0.4, -0.2) is 10.5 Å². The highest BCUT2D eigenvalue weighted by Crippen LogP contribution is 2.45. The Morgan fingerprint density at radius 2 is 2.00 bits per heavy atom. The van der Waals surface area contributed by atoms with Crippen molar-refractivity contribution >= 4 is 34.8 Å². The second kappa shape index (κ2) is 5.01. The van der Waals surface area contributed by atoms with Crippen LogP contribution >= 0.6 is 23.2 Å². The minimum Gasteiger partial charge on any atom is -0.342 e. The highest BCUT2D eigenvalue weighted by atomic mass is 35.5. The standard InChI is InChI=1S/C16H12Cl2N2O3/c1-20-15-14(16(22)23-20)12(7-2-3-8(17)9(18)6-7)13-10(19-15)4-5-11(13)21/h2-3,6,12,19H,4-5H2,1H3. The smallest absolute Gasteiger partial charge is 0.342 e. The van der Waals surface area contributed by atoms with Gasteiger partial charge in [-0.2, -0.15) is 4.74 Å². The summed E-state index contributed by atoms with van der Waals surface area (Å²) in [6.45, 7) is 0. The summed E-state index contributed by atoms with van der Waals surface area (Å²) in [6, 6.07) is 5.16. The highest BCUT2D eigenvalue weighted by Gasteiger charge is 2.40. The molecule has 5 nitrogen and oxygen atoms in total. The van der Waals surface area contributed by atoms with Crippen LogP contribution in [0.15, 0.2) is 38.8 Å². The number of benzene rings is 1. The van der Waals surface area contributed by atoms with Gasteiger partial charge >= 0.3 is 5.63 Å². The Morgan fingerprint density at radius 3 is 2.74 bits per heavy atom. The van der Waals surface area contributed by atoms with Crippen molar-refractivity contribution in [3.63, 3.8) is 0 Å². The van der Waals surface area contributed by atoms with Crippen molar-refractivity contribution < 1.29 is 9.32 Å². The molecular formula is C16H12Cl2N2O3. The fraction of sp³-hybridized carbons (Fsp3) is 0.250. The number of carbonyl (C=O) groups excluding carboxylic acids is 1. The summed E-state index contributed by atoms with van der Waals surface area (Å²) in [6.07, 6.45) is 1.07. The Morgan fingerprint density at radius 1 is 1.22 bits per heavy atom. The van der Waals surface area contributed by atoms with Gasteiger partial charge in [-0.25, -0.2) is 4.79 Å². The Kier molecular flexibility index (Phi) is 3.18. The summed E-state index contributed by atoms with van der Waals surface area (Å²) in [7, 11) is 1.65. The van der Waals surface area contributed by atoms with Crippen LogP contribution in [-0.2, 0) is 11.8 Å². The summed E-state index contributed by atoms with van der Waals surface area (Å²) in [5.41, 5.74) is 2.19. The number of carbonyl (C=O) groups is 1. The van der Waals surface area contributed by atoms with Gasteiger partial charge in [0.1, 0.15) is 0 Å². The number of hydrogen-bond donors (Lipinski definition) is 1. The van der Waals surface area contributed by atoms with Crippen LogP contribution in [0.2, 0.25) is 10.0 Å². The van der Waals surface area contributed by atoms with E-state index in [2.05, 4.69) is 5.32 Å². The molecule has 1 unspecified atom stereocenters. The van der Waals surface area contributed by atoms with E-state index in [0.717, 1.165) is 11.3 Å². The molecule has 1 aliphatic carbocycles. The second-order valence-corrected chi connectivity index (χ2v) is 6.50. The molecule has 0 radical (unpaired) electrons. The fourth-order valence-electron chi connectivity index (χ4n) is 3.34. The van der Waals surface area contributed by atoms with E-state index in [1.54, 1.807) is 25.2 Å². The van der Waals surface area contributed by atoms with E-state index in [9.17, 15) is 9.59 Å². The lowest BCUT2D eigenvalue weighted by Crippen LogP contribution is -2.23. The number of fused-ring (bicyclic) bond motifs is 1. The number of anilines is 1. The maximum Gasteiger partial charge on any atom is 0.363 e. The van der Waals surface area contributed by atoms with Gasteiger partial charge in [-0.05, 0) is 24.1 Å². The molecule has 4 rings (SSSR count). The molecule has 2 aliphatic rings. The van der Waals surface area contributed by atoms with E-state index in [4.69, 9.17) is 27.7 Å². The van der Waals surface area contributed by atoms with Crippen LogP contribution in [0.5, 0.6) is 0 Å². The van der Waals surface area contributed by atoms with Crippen molar-refractivity contribution in [2.75, 3.05) is 5.32 Å². The van der Waals surface area contributed by atoms with Crippen molar-refractivity contribution in [3.05, 3.63) is 61.1 Å². The third-order valence-electron chi connectivity index (χ3n) is 4.36. The van der Waals surface area contributed by atoms with Crippen molar-refractivity contribution in [1.82, 2.24) is 4.74 Å². The zero-order chi connectivity index (χ0) is 16.3. The van der Waals surface area contributed by atoms with Gasteiger partial charge in [-0.1, -0.05) is 29.3 Å². The van der Waals surface area contributed by atoms with Crippen molar-refractivity contribution in [2.45, 2.75) is 18.8 Å². The first-order chi connectivity index (χ1) is 11.0. The molecule has 1 N–H and O–H groups in total. The summed E-state index contributed by atoms with van der Waals surface area (Å²) in [5, 5.41) is 3.99. The minimum atomic E-state index is -0.483. The third-order valence-corrected chi connectivity index (χ3v) is 5.10. The minimum absolute atomic E-state index is 0.0393. The molecule has 0 fully saturated rings. The van der Waals surface area contributed by atoms with Crippen molar-refractivity contribution in [2.24, 2.45) is 7.05 Å². The van der Waals surface area contributed by atoms with Crippen LogP contribution < -0.4 is 10.9 Å². The summed E-state index contributed by atoms with van der Waals surface area (Å²) in [4.78, 5) is 24.7. The third kappa shape index (κ3) is 2.07. The van der Waals surface area contributed by atoms with Crippen LogP contribution in [0.25, 0.3) is 0 Å². The van der Waals surface area contributed by atoms with Gasteiger partial charge < -0.3 is 9.84 Å². The summed E-state index contributed by atoms with van der Waals surface area (Å²) in [5.74, 6) is 0.139. The molecule has 1 atom stereocenters. The predicted molar refractivity (Wildman–Crippen MR) is 87.1 cm³/mol. The number of ketones is 1. The quantitative estimate of drug-likeness (QED) is 0.855. The monoisotopic (exact) mass is 350 g/mol. The second-order valence-electron chi connectivity index (χ2n) is 5.69. The molecule has 0 spiro atoms. The van der Waals surface area contributed by atoms with E-state index in [-0.39, 0.29) is 5.78 Å². The van der Waals surface area contributed by atoms with E-state index in [0.29, 0.717) is 39.8 Å². The van der Waals surface area contributed by atoms with E-state index in [1.807, 2.05) is 0 Å².